The fraction of sp³-hybridized carbons (Fsp3) is 0.176. The maximum atomic E-state index is 12.1. The van der Waals surface area contributed by atoms with Crippen LogP contribution in [0.4, 0.5) is 5.69 Å². The molecule has 1 aliphatic heterocycles. The fourth-order valence-corrected chi connectivity index (χ4v) is 6.05. The van der Waals surface area contributed by atoms with Crippen molar-refractivity contribution in [3.8, 4) is 28.0 Å². The van der Waals surface area contributed by atoms with Crippen molar-refractivity contribution in [2.24, 2.45) is 0 Å². The second-order valence-corrected chi connectivity index (χ2v) is 12.2. The summed E-state index contributed by atoms with van der Waals surface area (Å²) in [4.78, 5) is 2.76. The maximum Gasteiger partial charge on any atom is 0.175 e. The van der Waals surface area contributed by atoms with Crippen molar-refractivity contribution in [3.63, 3.8) is 0 Å². The van der Waals surface area contributed by atoms with Gasteiger partial charge in [-0.15, -0.1) is 0 Å². The lowest BCUT2D eigenvalue weighted by Gasteiger charge is -2.32. The minimum atomic E-state index is -3.28. The molecule has 40 heavy (non-hydrogen) atoms. The van der Waals surface area contributed by atoms with Gasteiger partial charge in [-0.2, -0.15) is 0 Å². The molecule has 0 bridgehead atoms. The predicted molar refractivity (Wildman–Crippen MR) is 164 cm³/mol. The lowest BCUT2D eigenvalue weighted by Crippen LogP contribution is -2.43. The van der Waals surface area contributed by atoms with Crippen molar-refractivity contribution in [1.29, 1.82) is 0 Å². The van der Waals surface area contributed by atoms with E-state index in [0.717, 1.165) is 70.5 Å². The molecule has 5 aromatic carbocycles. The van der Waals surface area contributed by atoms with Crippen LogP contribution in [0.2, 0.25) is 0 Å². The van der Waals surface area contributed by atoms with Crippen molar-refractivity contribution in [1.82, 2.24) is 5.32 Å². The number of anilines is 1. The maximum absolute atomic E-state index is 12.1. The molecule has 0 saturated carbocycles. The van der Waals surface area contributed by atoms with Crippen molar-refractivity contribution < 1.29 is 13.2 Å². The minimum Gasteiger partial charge on any atom is -0.489 e. The highest BCUT2D eigenvalue weighted by atomic mass is 32.2. The van der Waals surface area contributed by atoms with E-state index in [4.69, 9.17) is 4.74 Å². The van der Waals surface area contributed by atoms with E-state index in [0.29, 0.717) is 11.5 Å². The quantitative estimate of drug-likeness (QED) is 0.249. The summed E-state index contributed by atoms with van der Waals surface area (Å²) < 4.78 is 30.4. The summed E-state index contributed by atoms with van der Waals surface area (Å²) in [5.41, 5.74) is 6.66. The molecule has 5 aromatic rings. The Hall–Kier alpha value is -4.13. The van der Waals surface area contributed by atoms with Gasteiger partial charge in [-0.3, -0.25) is 0 Å². The van der Waals surface area contributed by atoms with Crippen LogP contribution >= 0.6 is 0 Å². The van der Waals surface area contributed by atoms with Gasteiger partial charge in [0.15, 0.2) is 9.84 Å². The van der Waals surface area contributed by atoms with E-state index < -0.39 is 9.84 Å². The number of ether oxygens (including phenoxy) is 1. The number of hydrogen-bond acceptors (Lipinski definition) is 5. The van der Waals surface area contributed by atoms with Crippen LogP contribution in [0.25, 0.3) is 33.0 Å². The summed E-state index contributed by atoms with van der Waals surface area (Å²) in [6.07, 6.45) is 1.24. The van der Waals surface area contributed by atoms with Crippen molar-refractivity contribution in [2.75, 3.05) is 37.3 Å². The summed E-state index contributed by atoms with van der Waals surface area (Å²) in [5, 5.41) is 5.67. The lowest BCUT2D eigenvalue weighted by molar-refractivity contribution is 0.306. The average molecular weight is 549 g/mol. The van der Waals surface area contributed by atoms with Gasteiger partial charge in [0.05, 0.1) is 4.90 Å². The summed E-state index contributed by atoms with van der Waals surface area (Å²) in [6, 6.07) is 36.5. The van der Waals surface area contributed by atoms with Gasteiger partial charge in [0, 0.05) is 43.7 Å². The largest absolute Gasteiger partial charge is 0.489 e. The van der Waals surface area contributed by atoms with Crippen LogP contribution in [0.15, 0.2) is 114 Å². The van der Waals surface area contributed by atoms with E-state index in [1.807, 2.05) is 36.4 Å². The monoisotopic (exact) mass is 548 g/mol. The van der Waals surface area contributed by atoms with E-state index >= 15 is 0 Å². The van der Waals surface area contributed by atoms with Gasteiger partial charge < -0.3 is 15.0 Å². The lowest BCUT2D eigenvalue weighted by atomic mass is 9.88. The topological polar surface area (TPSA) is 58.6 Å². The number of sulfone groups is 1. The van der Waals surface area contributed by atoms with E-state index in [1.165, 1.54) is 11.9 Å². The Morgan fingerprint density at radius 2 is 1.50 bits per heavy atom. The van der Waals surface area contributed by atoms with Crippen LogP contribution in [0.3, 0.4) is 0 Å². The van der Waals surface area contributed by atoms with Crippen molar-refractivity contribution in [2.45, 2.75) is 11.5 Å². The van der Waals surface area contributed by atoms with Crippen molar-refractivity contribution in [3.05, 3.63) is 115 Å². The smallest absolute Gasteiger partial charge is 0.175 e. The molecule has 0 aliphatic carbocycles. The molecular formula is C34H32N2O3S. The number of benzene rings is 5. The molecule has 1 fully saturated rings. The van der Waals surface area contributed by atoms with Gasteiger partial charge in [0.25, 0.3) is 0 Å². The van der Waals surface area contributed by atoms with Crippen LogP contribution in [-0.2, 0) is 16.4 Å². The number of rotatable bonds is 7. The molecule has 6 heteroatoms. The molecular weight excluding hydrogens is 516 g/mol. The van der Waals surface area contributed by atoms with Gasteiger partial charge in [-0.1, -0.05) is 78.9 Å². The molecule has 6 rings (SSSR count). The Morgan fingerprint density at radius 1 is 0.775 bits per heavy atom. The molecule has 0 atom stereocenters. The number of fused-ring (bicyclic) bond motifs is 1. The van der Waals surface area contributed by atoms with Crippen LogP contribution < -0.4 is 15.0 Å². The SMILES string of the molecule is CS(=O)(=O)c1ccc(-c2ccc3cc(OCc4ccccc4)ccc3c2-c2ccccc2N2CCNCC2)cc1. The Bertz CT molecular complexity index is 1740. The van der Waals surface area contributed by atoms with Gasteiger partial charge in [0.2, 0.25) is 0 Å². The van der Waals surface area contributed by atoms with Crippen LogP contribution in [0.5, 0.6) is 5.75 Å². The minimum absolute atomic E-state index is 0.319. The molecule has 202 valence electrons. The average Bonchev–Trinajstić information content (AvgIpc) is 3.00. The molecule has 0 amide bonds. The highest BCUT2D eigenvalue weighted by Crippen LogP contribution is 2.43. The Morgan fingerprint density at radius 3 is 2.25 bits per heavy atom. The molecule has 0 radical (unpaired) electrons. The first-order valence-corrected chi connectivity index (χ1v) is 15.5. The van der Waals surface area contributed by atoms with Gasteiger partial charge >= 0.3 is 0 Å². The zero-order valence-electron chi connectivity index (χ0n) is 22.5. The van der Waals surface area contributed by atoms with Crippen molar-refractivity contribution >= 4 is 26.3 Å². The third-order valence-corrected chi connectivity index (χ3v) is 8.59. The van der Waals surface area contributed by atoms with E-state index in [1.54, 1.807) is 12.1 Å². The molecule has 1 N–H and O–H groups in total. The van der Waals surface area contributed by atoms with Gasteiger partial charge in [0.1, 0.15) is 12.4 Å². The third-order valence-electron chi connectivity index (χ3n) is 7.46. The number of nitrogens with zero attached hydrogens (tertiary/aromatic N) is 1. The number of nitrogens with one attached hydrogen (secondary N) is 1. The highest BCUT2D eigenvalue weighted by molar-refractivity contribution is 7.90. The molecule has 1 heterocycles. The number of hydrogen-bond donors (Lipinski definition) is 1. The van der Waals surface area contributed by atoms with Gasteiger partial charge in [-0.25, -0.2) is 8.42 Å². The molecule has 1 saturated heterocycles. The Labute approximate surface area is 236 Å². The van der Waals surface area contributed by atoms with E-state index in [-0.39, 0.29) is 0 Å². The first-order chi connectivity index (χ1) is 19.5. The zero-order chi connectivity index (χ0) is 27.5. The van der Waals surface area contributed by atoms with Gasteiger partial charge in [-0.05, 0) is 63.4 Å². The van der Waals surface area contributed by atoms with E-state index in [9.17, 15) is 8.42 Å². The summed E-state index contributed by atoms with van der Waals surface area (Å²) >= 11 is 0. The first-order valence-electron chi connectivity index (χ1n) is 13.6. The molecule has 1 aliphatic rings. The summed E-state index contributed by atoms with van der Waals surface area (Å²) in [7, 11) is -3.28. The second-order valence-electron chi connectivity index (χ2n) is 10.2. The van der Waals surface area contributed by atoms with Crippen LogP contribution in [-0.4, -0.2) is 40.9 Å². The molecule has 5 nitrogen and oxygen atoms in total. The predicted octanol–water partition coefficient (Wildman–Crippen LogP) is 6.57. The highest BCUT2D eigenvalue weighted by Gasteiger charge is 2.20. The fourth-order valence-electron chi connectivity index (χ4n) is 5.42. The van der Waals surface area contributed by atoms with Crippen LogP contribution in [0.1, 0.15) is 5.56 Å². The molecule has 0 spiro atoms. The number of para-hydroxylation sites is 1. The zero-order valence-corrected chi connectivity index (χ0v) is 23.3. The molecule has 0 aromatic heterocycles. The summed E-state index contributed by atoms with van der Waals surface area (Å²) in [6.45, 7) is 4.29. The second kappa shape index (κ2) is 11.2. The Kier molecular flexibility index (Phi) is 7.29. The van der Waals surface area contributed by atoms with E-state index in [2.05, 4.69) is 70.9 Å². The normalized spacial score (nSPS) is 13.9. The third kappa shape index (κ3) is 5.46. The van der Waals surface area contributed by atoms with Crippen LogP contribution in [0, 0.1) is 0 Å². The number of piperazine rings is 1. The first kappa shape index (κ1) is 26.1. The Balaban J connectivity index is 1.49. The molecule has 0 unspecified atom stereocenters. The summed E-state index contributed by atoms with van der Waals surface area (Å²) in [5.74, 6) is 0.822. The standard InChI is InChI=1S/C34H32N2O3S/c1-40(37,38)29-15-11-26(12-16-29)30-17-13-27-23-28(39-24-25-7-3-2-4-8-25)14-18-31(27)34(30)32-9-5-6-10-33(32)36-21-19-35-20-22-36/h2-18,23,35H,19-22,24H2,1H3.